The Morgan fingerprint density at radius 2 is 2.33 bits per heavy atom. The second-order valence-corrected chi connectivity index (χ2v) is 4.92. The van der Waals surface area contributed by atoms with Gasteiger partial charge in [0, 0.05) is 5.02 Å². The molecule has 0 N–H and O–H groups in total. The van der Waals surface area contributed by atoms with E-state index in [-0.39, 0.29) is 5.97 Å². The van der Waals surface area contributed by atoms with E-state index in [0.717, 1.165) is 17.9 Å². The van der Waals surface area contributed by atoms with Gasteiger partial charge < -0.3 is 9.47 Å². The van der Waals surface area contributed by atoms with Crippen LogP contribution in [0.2, 0.25) is 5.02 Å². The van der Waals surface area contributed by atoms with Crippen molar-refractivity contribution in [2.45, 2.75) is 31.8 Å². The normalized spacial score (nSPS) is 21.7. The van der Waals surface area contributed by atoms with Crippen LogP contribution in [0.15, 0.2) is 24.3 Å². The van der Waals surface area contributed by atoms with Gasteiger partial charge in [0.05, 0.1) is 13.2 Å². The van der Waals surface area contributed by atoms with Gasteiger partial charge in [0.15, 0.2) is 5.60 Å². The maximum absolute atomic E-state index is 11.7. The van der Waals surface area contributed by atoms with Gasteiger partial charge in [0.2, 0.25) is 0 Å². The standard InChI is InChI=1S/C14H17ClO3/c1-2-17-13(16)14(10-18-14)8-4-6-11-5-3-7-12(15)9-11/h3,5,7,9H,2,4,6,8,10H2,1H3/t14-/m1/s1. The molecule has 1 fully saturated rings. The zero-order valence-electron chi connectivity index (χ0n) is 10.4. The molecule has 18 heavy (non-hydrogen) atoms. The monoisotopic (exact) mass is 268 g/mol. The van der Waals surface area contributed by atoms with Crippen LogP contribution in [-0.2, 0) is 20.7 Å². The van der Waals surface area contributed by atoms with Gasteiger partial charge in [-0.3, -0.25) is 0 Å². The summed E-state index contributed by atoms with van der Waals surface area (Å²) in [6, 6.07) is 7.78. The highest BCUT2D eigenvalue weighted by molar-refractivity contribution is 6.30. The van der Waals surface area contributed by atoms with Crippen LogP contribution in [0.4, 0.5) is 0 Å². The van der Waals surface area contributed by atoms with Gasteiger partial charge >= 0.3 is 5.97 Å². The molecule has 0 radical (unpaired) electrons. The van der Waals surface area contributed by atoms with Crippen molar-refractivity contribution in [2.24, 2.45) is 0 Å². The number of rotatable bonds is 6. The number of aryl methyl sites for hydroxylation is 1. The summed E-state index contributed by atoms with van der Waals surface area (Å²) in [4.78, 5) is 11.7. The number of carbonyl (C=O) groups excluding carboxylic acids is 1. The summed E-state index contributed by atoms with van der Waals surface area (Å²) in [6.07, 6.45) is 2.49. The highest BCUT2D eigenvalue weighted by atomic mass is 35.5. The summed E-state index contributed by atoms with van der Waals surface area (Å²) in [5, 5.41) is 0.746. The van der Waals surface area contributed by atoms with Crippen molar-refractivity contribution in [3.05, 3.63) is 34.9 Å². The molecule has 2 rings (SSSR count). The van der Waals surface area contributed by atoms with E-state index in [1.807, 2.05) is 24.3 Å². The molecule has 3 nitrogen and oxygen atoms in total. The molecule has 1 aromatic carbocycles. The summed E-state index contributed by atoms with van der Waals surface area (Å²) in [5.74, 6) is -0.226. The summed E-state index contributed by atoms with van der Waals surface area (Å²) < 4.78 is 10.3. The Bertz CT molecular complexity index is 427. The Labute approximate surface area is 112 Å². The van der Waals surface area contributed by atoms with Gasteiger partial charge in [-0.1, -0.05) is 23.7 Å². The highest BCUT2D eigenvalue weighted by Crippen LogP contribution is 2.34. The van der Waals surface area contributed by atoms with Gasteiger partial charge in [0.1, 0.15) is 0 Å². The maximum atomic E-state index is 11.7. The third kappa shape index (κ3) is 3.24. The average molecular weight is 269 g/mol. The minimum absolute atomic E-state index is 0.226. The van der Waals surface area contributed by atoms with E-state index in [4.69, 9.17) is 21.1 Å². The van der Waals surface area contributed by atoms with E-state index in [1.165, 1.54) is 5.56 Å². The van der Waals surface area contributed by atoms with E-state index in [1.54, 1.807) is 6.92 Å². The number of benzene rings is 1. The third-order valence-electron chi connectivity index (χ3n) is 3.08. The lowest BCUT2D eigenvalue weighted by Gasteiger charge is -2.10. The Balaban J connectivity index is 1.80. The largest absolute Gasteiger partial charge is 0.464 e. The molecule has 0 amide bonds. The van der Waals surface area contributed by atoms with Crippen LogP contribution in [0, 0.1) is 0 Å². The molecule has 0 spiro atoms. The first-order valence-electron chi connectivity index (χ1n) is 6.22. The summed E-state index contributed by atoms with van der Waals surface area (Å²) in [5.41, 5.74) is 0.524. The minimum atomic E-state index is -0.658. The van der Waals surface area contributed by atoms with Crippen molar-refractivity contribution in [3.63, 3.8) is 0 Å². The smallest absolute Gasteiger partial charge is 0.340 e. The zero-order chi connectivity index (χ0) is 13.0. The lowest BCUT2D eigenvalue weighted by molar-refractivity contribution is -0.149. The molecule has 1 atom stereocenters. The second kappa shape index (κ2) is 5.72. The number of halogens is 1. The predicted molar refractivity (Wildman–Crippen MR) is 69.7 cm³/mol. The van der Waals surface area contributed by atoms with Crippen LogP contribution in [0.25, 0.3) is 0 Å². The van der Waals surface area contributed by atoms with Gasteiger partial charge in [-0.25, -0.2) is 4.79 Å². The number of esters is 1. The molecule has 0 saturated carbocycles. The lowest BCUT2D eigenvalue weighted by Crippen LogP contribution is -2.27. The van der Waals surface area contributed by atoms with Crippen molar-refractivity contribution < 1.29 is 14.3 Å². The summed E-state index contributed by atoms with van der Waals surface area (Å²) in [7, 11) is 0. The van der Waals surface area contributed by atoms with Crippen LogP contribution >= 0.6 is 11.6 Å². The number of hydrogen-bond donors (Lipinski definition) is 0. The van der Waals surface area contributed by atoms with Crippen molar-refractivity contribution >= 4 is 17.6 Å². The Morgan fingerprint density at radius 3 is 2.94 bits per heavy atom. The van der Waals surface area contributed by atoms with E-state index < -0.39 is 5.60 Å². The van der Waals surface area contributed by atoms with Crippen molar-refractivity contribution in [2.75, 3.05) is 13.2 Å². The van der Waals surface area contributed by atoms with Gasteiger partial charge in [-0.2, -0.15) is 0 Å². The first kappa shape index (κ1) is 13.4. The van der Waals surface area contributed by atoms with Crippen molar-refractivity contribution in [1.29, 1.82) is 0 Å². The fraction of sp³-hybridized carbons (Fsp3) is 0.500. The Morgan fingerprint density at radius 1 is 1.56 bits per heavy atom. The van der Waals surface area contributed by atoms with Gasteiger partial charge in [-0.05, 0) is 43.9 Å². The molecule has 0 aromatic heterocycles. The van der Waals surface area contributed by atoms with E-state index >= 15 is 0 Å². The highest BCUT2D eigenvalue weighted by Gasteiger charge is 2.52. The lowest BCUT2D eigenvalue weighted by atomic mass is 10.0. The molecule has 1 saturated heterocycles. The summed E-state index contributed by atoms with van der Waals surface area (Å²) >= 11 is 5.92. The molecular formula is C14H17ClO3. The molecule has 4 heteroatoms. The van der Waals surface area contributed by atoms with Crippen LogP contribution in [-0.4, -0.2) is 24.8 Å². The number of epoxide rings is 1. The molecule has 0 bridgehead atoms. The van der Waals surface area contributed by atoms with Gasteiger partial charge in [-0.15, -0.1) is 0 Å². The minimum Gasteiger partial charge on any atom is -0.464 e. The first-order chi connectivity index (χ1) is 8.66. The SMILES string of the molecule is CCOC(=O)[C@@]1(CCCc2cccc(Cl)c2)CO1. The first-order valence-corrected chi connectivity index (χ1v) is 6.60. The average Bonchev–Trinajstić information content (AvgIpc) is 3.11. The zero-order valence-corrected chi connectivity index (χ0v) is 11.2. The molecule has 1 aliphatic heterocycles. The topological polar surface area (TPSA) is 38.8 Å². The molecule has 98 valence electrons. The molecule has 1 heterocycles. The van der Waals surface area contributed by atoms with E-state index in [9.17, 15) is 4.79 Å². The summed E-state index contributed by atoms with van der Waals surface area (Å²) in [6.45, 7) is 2.69. The van der Waals surface area contributed by atoms with Crippen molar-refractivity contribution in [1.82, 2.24) is 0 Å². The van der Waals surface area contributed by atoms with Crippen molar-refractivity contribution in [3.8, 4) is 0 Å². The Hall–Kier alpha value is -1.06. The van der Waals surface area contributed by atoms with Gasteiger partial charge in [0.25, 0.3) is 0 Å². The fourth-order valence-electron chi connectivity index (χ4n) is 1.98. The van der Waals surface area contributed by atoms with Crippen LogP contribution < -0.4 is 0 Å². The number of carbonyl (C=O) groups is 1. The molecule has 1 aliphatic rings. The maximum Gasteiger partial charge on any atom is 0.340 e. The Kier molecular flexibility index (Phi) is 4.25. The molecular weight excluding hydrogens is 252 g/mol. The predicted octanol–water partition coefficient (Wildman–Crippen LogP) is 2.99. The van der Waals surface area contributed by atoms with Crippen LogP contribution in [0.3, 0.4) is 0 Å². The quantitative estimate of drug-likeness (QED) is 0.588. The number of hydrogen-bond acceptors (Lipinski definition) is 3. The molecule has 0 unspecified atom stereocenters. The fourth-order valence-corrected chi connectivity index (χ4v) is 2.20. The second-order valence-electron chi connectivity index (χ2n) is 4.49. The molecule has 0 aliphatic carbocycles. The van der Waals surface area contributed by atoms with E-state index in [2.05, 4.69) is 0 Å². The number of ether oxygens (including phenoxy) is 2. The molecule has 1 aromatic rings. The van der Waals surface area contributed by atoms with Crippen LogP contribution in [0.1, 0.15) is 25.3 Å². The van der Waals surface area contributed by atoms with Crippen LogP contribution in [0.5, 0.6) is 0 Å². The third-order valence-corrected chi connectivity index (χ3v) is 3.31. The van der Waals surface area contributed by atoms with E-state index in [0.29, 0.717) is 19.6 Å².